The zero-order valence-corrected chi connectivity index (χ0v) is 15.0. The number of nitrogens with zero attached hydrogens (tertiary/aromatic N) is 2. The molecule has 0 aliphatic carbocycles. The number of nitrogens with one attached hydrogen (secondary N) is 1. The van der Waals surface area contributed by atoms with E-state index in [4.69, 9.17) is 18.4 Å². The van der Waals surface area contributed by atoms with Crippen LogP contribution in [0.4, 0.5) is 0 Å². The van der Waals surface area contributed by atoms with Gasteiger partial charge in [0.25, 0.3) is 0 Å². The average molecular weight is 357 g/mol. The summed E-state index contributed by atoms with van der Waals surface area (Å²) in [5.41, 5.74) is 0.846. The number of rotatable bonds is 6. The second-order valence-electron chi connectivity index (χ2n) is 6.60. The van der Waals surface area contributed by atoms with E-state index in [9.17, 15) is 0 Å². The molecule has 1 aliphatic heterocycles. The summed E-state index contributed by atoms with van der Waals surface area (Å²) in [6, 6.07) is 7.82. The molecule has 2 aromatic heterocycles. The van der Waals surface area contributed by atoms with Crippen LogP contribution in [0.15, 0.2) is 33.2 Å². The van der Waals surface area contributed by atoms with Gasteiger partial charge in [0, 0.05) is 18.6 Å². The number of methoxy groups -OCH3 is 1. The Morgan fingerprint density at radius 2 is 2.12 bits per heavy atom. The van der Waals surface area contributed by atoms with Crippen molar-refractivity contribution in [2.24, 2.45) is 5.92 Å². The molecule has 1 saturated heterocycles. The molecule has 1 aromatic carbocycles. The number of furan rings is 1. The zero-order chi connectivity index (χ0) is 17.9. The Bertz CT molecular complexity index is 867. The quantitative estimate of drug-likeness (QED) is 0.724. The van der Waals surface area contributed by atoms with Crippen LogP contribution in [0.1, 0.15) is 36.4 Å². The van der Waals surface area contributed by atoms with E-state index in [1.165, 1.54) is 0 Å². The fourth-order valence-electron chi connectivity index (χ4n) is 3.45. The minimum atomic E-state index is -0.0113. The van der Waals surface area contributed by atoms with Gasteiger partial charge in [-0.25, -0.2) is 0 Å². The molecule has 1 unspecified atom stereocenters. The van der Waals surface area contributed by atoms with Gasteiger partial charge in [-0.05, 0) is 49.9 Å². The van der Waals surface area contributed by atoms with Gasteiger partial charge in [0.05, 0.1) is 19.7 Å². The first-order chi connectivity index (χ1) is 12.7. The van der Waals surface area contributed by atoms with Crippen LogP contribution in [0.5, 0.6) is 5.75 Å². The third-order valence-corrected chi connectivity index (χ3v) is 4.82. The van der Waals surface area contributed by atoms with E-state index in [0.29, 0.717) is 24.2 Å². The summed E-state index contributed by atoms with van der Waals surface area (Å²) in [5, 5.41) is 8.52. The van der Waals surface area contributed by atoms with Crippen LogP contribution in [0.25, 0.3) is 11.0 Å². The van der Waals surface area contributed by atoms with Gasteiger partial charge in [-0.15, -0.1) is 0 Å². The van der Waals surface area contributed by atoms with Crippen molar-refractivity contribution in [1.82, 2.24) is 15.5 Å². The van der Waals surface area contributed by atoms with Gasteiger partial charge in [-0.2, -0.15) is 4.98 Å². The monoisotopic (exact) mass is 357 g/mol. The van der Waals surface area contributed by atoms with Gasteiger partial charge in [-0.3, -0.25) is 5.32 Å². The number of ether oxygens (including phenoxy) is 2. The van der Waals surface area contributed by atoms with Crippen molar-refractivity contribution in [3.63, 3.8) is 0 Å². The summed E-state index contributed by atoms with van der Waals surface area (Å²) < 4.78 is 22.1. The molecule has 0 saturated carbocycles. The third kappa shape index (κ3) is 3.59. The lowest BCUT2D eigenvalue weighted by atomic mass is 9.91. The molecule has 1 aliphatic rings. The lowest BCUT2D eigenvalue weighted by Gasteiger charge is -2.28. The fourth-order valence-corrected chi connectivity index (χ4v) is 3.45. The minimum absolute atomic E-state index is 0.0113. The largest absolute Gasteiger partial charge is 0.497 e. The summed E-state index contributed by atoms with van der Waals surface area (Å²) >= 11 is 0. The molecule has 1 atom stereocenters. The average Bonchev–Trinajstić information content (AvgIpc) is 3.28. The minimum Gasteiger partial charge on any atom is -0.497 e. The fraction of sp³-hybridized carbons (Fsp3) is 0.474. The highest BCUT2D eigenvalue weighted by Gasteiger charge is 2.29. The SMILES string of the molecule is COc1ccc2oc(CNC(c3nc(C)no3)C3CCOCC3)cc2c1. The highest BCUT2D eigenvalue weighted by atomic mass is 16.5. The summed E-state index contributed by atoms with van der Waals surface area (Å²) in [4.78, 5) is 4.44. The van der Waals surface area contributed by atoms with Crippen LogP contribution in [-0.2, 0) is 11.3 Å². The van der Waals surface area contributed by atoms with E-state index in [0.717, 1.165) is 48.5 Å². The predicted molar refractivity (Wildman–Crippen MR) is 94.9 cm³/mol. The Balaban J connectivity index is 1.52. The topological polar surface area (TPSA) is 82.5 Å². The van der Waals surface area contributed by atoms with Crippen molar-refractivity contribution in [3.05, 3.63) is 41.7 Å². The molecule has 3 aromatic rings. The molecule has 0 spiro atoms. The molecular formula is C19H23N3O4. The van der Waals surface area contributed by atoms with Gasteiger partial charge >= 0.3 is 0 Å². The van der Waals surface area contributed by atoms with Crippen LogP contribution in [0.2, 0.25) is 0 Å². The summed E-state index contributed by atoms with van der Waals surface area (Å²) in [6.07, 6.45) is 1.94. The van der Waals surface area contributed by atoms with Crippen molar-refractivity contribution in [2.75, 3.05) is 20.3 Å². The molecule has 7 nitrogen and oxygen atoms in total. The molecule has 0 radical (unpaired) electrons. The molecule has 26 heavy (non-hydrogen) atoms. The van der Waals surface area contributed by atoms with Crippen LogP contribution in [0, 0.1) is 12.8 Å². The Morgan fingerprint density at radius 1 is 1.27 bits per heavy atom. The molecule has 1 fully saturated rings. The second kappa shape index (κ2) is 7.47. The summed E-state index contributed by atoms with van der Waals surface area (Å²) in [6.45, 7) is 3.95. The van der Waals surface area contributed by atoms with Crippen molar-refractivity contribution in [2.45, 2.75) is 32.4 Å². The first-order valence-electron chi connectivity index (χ1n) is 8.91. The van der Waals surface area contributed by atoms with Crippen LogP contribution in [0.3, 0.4) is 0 Å². The molecule has 138 valence electrons. The maximum Gasteiger partial charge on any atom is 0.244 e. The van der Waals surface area contributed by atoms with Gasteiger partial charge in [0.1, 0.15) is 17.1 Å². The lowest BCUT2D eigenvalue weighted by molar-refractivity contribution is 0.0483. The third-order valence-electron chi connectivity index (χ3n) is 4.82. The molecule has 7 heteroatoms. The predicted octanol–water partition coefficient (Wildman–Crippen LogP) is 3.39. The van der Waals surface area contributed by atoms with E-state index in [2.05, 4.69) is 15.5 Å². The van der Waals surface area contributed by atoms with E-state index in [1.807, 2.05) is 31.2 Å². The first kappa shape index (κ1) is 17.1. The summed E-state index contributed by atoms with van der Waals surface area (Å²) in [7, 11) is 1.66. The highest BCUT2D eigenvalue weighted by Crippen LogP contribution is 2.30. The molecule has 0 bridgehead atoms. The van der Waals surface area contributed by atoms with Crippen molar-refractivity contribution >= 4 is 11.0 Å². The van der Waals surface area contributed by atoms with E-state index in [-0.39, 0.29) is 6.04 Å². The Morgan fingerprint density at radius 3 is 2.85 bits per heavy atom. The molecular weight excluding hydrogens is 334 g/mol. The number of fused-ring (bicyclic) bond motifs is 1. The van der Waals surface area contributed by atoms with Crippen LogP contribution < -0.4 is 10.1 Å². The van der Waals surface area contributed by atoms with Crippen molar-refractivity contribution in [1.29, 1.82) is 0 Å². The maximum atomic E-state index is 5.94. The molecule has 0 amide bonds. The smallest absolute Gasteiger partial charge is 0.244 e. The van der Waals surface area contributed by atoms with Gasteiger partial charge in [0.15, 0.2) is 5.82 Å². The van der Waals surface area contributed by atoms with E-state index >= 15 is 0 Å². The Hall–Kier alpha value is -2.38. The van der Waals surface area contributed by atoms with Gasteiger partial charge < -0.3 is 18.4 Å². The first-order valence-corrected chi connectivity index (χ1v) is 8.91. The Kier molecular flexibility index (Phi) is 4.90. The van der Waals surface area contributed by atoms with Crippen LogP contribution >= 0.6 is 0 Å². The van der Waals surface area contributed by atoms with Crippen LogP contribution in [-0.4, -0.2) is 30.5 Å². The van der Waals surface area contributed by atoms with Gasteiger partial charge in [0.2, 0.25) is 5.89 Å². The summed E-state index contributed by atoms with van der Waals surface area (Å²) in [5.74, 6) is 3.36. The maximum absolute atomic E-state index is 5.94. The van der Waals surface area contributed by atoms with Crippen molar-refractivity contribution < 1.29 is 18.4 Å². The number of aromatic nitrogens is 2. The lowest BCUT2D eigenvalue weighted by Crippen LogP contribution is -2.32. The molecule has 1 N–H and O–H groups in total. The van der Waals surface area contributed by atoms with Crippen molar-refractivity contribution in [3.8, 4) is 5.75 Å². The van der Waals surface area contributed by atoms with E-state index < -0.39 is 0 Å². The molecule has 3 heterocycles. The zero-order valence-electron chi connectivity index (χ0n) is 15.0. The number of benzene rings is 1. The number of hydrogen-bond acceptors (Lipinski definition) is 7. The highest BCUT2D eigenvalue weighted by molar-refractivity contribution is 5.79. The van der Waals surface area contributed by atoms with E-state index in [1.54, 1.807) is 7.11 Å². The van der Waals surface area contributed by atoms with Gasteiger partial charge in [-0.1, -0.05) is 5.16 Å². The number of aryl methyl sites for hydroxylation is 1. The standard InChI is InChI=1S/C19H23N3O4/c1-12-21-19(26-22-12)18(13-5-7-24-8-6-13)20-11-16-10-14-9-15(23-2)3-4-17(14)25-16/h3-4,9-10,13,18,20H,5-8,11H2,1-2H3. The number of hydrogen-bond donors (Lipinski definition) is 1. The molecule has 4 rings (SSSR count). The normalized spacial score (nSPS) is 16.8. The Labute approximate surface area is 151 Å². The second-order valence-corrected chi connectivity index (χ2v) is 6.60.